The molecule has 0 N–H and O–H groups in total. The largest absolute Gasteiger partial charge is 0.468 e. The Morgan fingerprint density at radius 2 is 1.70 bits per heavy atom. The van der Waals surface area contributed by atoms with Crippen LogP contribution in [-0.2, 0) is 14.3 Å². The number of rotatable bonds is 3. The fourth-order valence-electron chi connectivity index (χ4n) is 3.31. The second-order valence-electron chi connectivity index (χ2n) is 6.32. The first-order valence-electron chi connectivity index (χ1n) is 7.41. The van der Waals surface area contributed by atoms with Crippen molar-refractivity contribution >= 4 is 31.2 Å². The lowest BCUT2D eigenvalue weighted by Gasteiger charge is -2.47. The van der Waals surface area contributed by atoms with Crippen molar-refractivity contribution in [1.82, 2.24) is 9.80 Å². The summed E-state index contributed by atoms with van der Waals surface area (Å²) in [5.41, 5.74) is -0.492. The van der Waals surface area contributed by atoms with E-state index in [1.807, 2.05) is 30.3 Å². The lowest BCUT2D eigenvalue weighted by atomic mass is 10.1. The Balaban J connectivity index is 2.56. The first kappa shape index (κ1) is 17.2. The number of amides is 3. The SMILES string of the molecule is COC(=O)[C@H]1C(=O)N(C)C(=O)N(C)[C@@H]1[Si](C)(C)c1ccccc1. The molecule has 0 aliphatic carbocycles. The molecule has 0 radical (unpaired) electrons. The van der Waals surface area contributed by atoms with E-state index < -0.39 is 37.6 Å². The van der Waals surface area contributed by atoms with E-state index in [4.69, 9.17) is 4.74 Å². The summed E-state index contributed by atoms with van der Waals surface area (Å²) in [6, 6.07) is 9.35. The summed E-state index contributed by atoms with van der Waals surface area (Å²) in [5, 5.41) is 1.08. The third-order valence-electron chi connectivity index (χ3n) is 4.63. The van der Waals surface area contributed by atoms with Crippen molar-refractivity contribution in [3.05, 3.63) is 30.3 Å². The number of imide groups is 1. The molecule has 23 heavy (non-hydrogen) atoms. The van der Waals surface area contributed by atoms with Crippen LogP contribution in [0.15, 0.2) is 30.3 Å². The van der Waals surface area contributed by atoms with Gasteiger partial charge in [-0.2, -0.15) is 0 Å². The van der Waals surface area contributed by atoms with Gasteiger partial charge in [0.2, 0.25) is 5.91 Å². The van der Waals surface area contributed by atoms with Crippen molar-refractivity contribution in [2.75, 3.05) is 21.2 Å². The fourth-order valence-corrected chi connectivity index (χ4v) is 6.90. The molecule has 0 unspecified atom stereocenters. The average molecular weight is 334 g/mol. The number of carbonyl (C=O) groups is 3. The van der Waals surface area contributed by atoms with Gasteiger partial charge in [-0.15, -0.1) is 0 Å². The highest BCUT2D eigenvalue weighted by Gasteiger charge is 2.54. The molecule has 2 atom stereocenters. The maximum absolute atomic E-state index is 12.6. The van der Waals surface area contributed by atoms with Crippen LogP contribution >= 0.6 is 0 Å². The Morgan fingerprint density at radius 3 is 2.22 bits per heavy atom. The molecule has 1 aliphatic rings. The Labute approximate surface area is 137 Å². The number of carbonyl (C=O) groups excluding carboxylic acids is 3. The zero-order valence-electron chi connectivity index (χ0n) is 14.1. The maximum atomic E-state index is 12.6. The third kappa shape index (κ3) is 2.76. The van der Waals surface area contributed by atoms with E-state index in [2.05, 4.69) is 13.1 Å². The molecule has 0 bridgehead atoms. The van der Waals surface area contributed by atoms with E-state index in [0.29, 0.717) is 0 Å². The number of methoxy groups -OCH3 is 1. The first-order valence-corrected chi connectivity index (χ1v) is 10.5. The highest BCUT2D eigenvalue weighted by atomic mass is 28.3. The highest BCUT2D eigenvalue weighted by molar-refractivity contribution is 6.91. The van der Waals surface area contributed by atoms with E-state index in [1.165, 1.54) is 19.1 Å². The summed E-state index contributed by atoms with van der Waals surface area (Å²) in [6.07, 6.45) is 0. The highest BCUT2D eigenvalue weighted by Crippen LogP contribution is 2.29. The van der Waals surface area contributed by atoms with Gasteiger partial charge in [-0.1, -0.05) is 48.6 Å². The van der Waals surface area contributed by atoms with Crippen LogP contribution in [0.3, 0.4) is 0 Å². The zero-order chi connectivity index (χ0) is 17.4. The molecule has 0 saturated carbocycles. The zero-order valence-corrected chi connectivity index (χ0v) is 15.1. The molecule has 1 saturated heterocycles. The summed E-state index contributed by atoms with van der Waals surface area (Å²) >= 11 is 0. The number of hydrogen-bond donors (Lipinski definition) is 0. The lowest BCUT2D eigenvalue weighted by Crippen LogP contribution is -2.71. The van der Waals surface area contributed by atoms with Crippen molar-refractivity contribution in [3.63, 3.8) is 0 Å². The van der Waals surface area contributed by atoms with Crippen LogP contribution in [0.5, 0.6) is 0 Å². The minimum absolute atomic E-state index is 0.392. The molecule has 1 fully saturated rings. The number of urea groups is 1. The van der Waals surface area contributed by atoms with Gasteiger partial charge < -0.3 is 9.64 Å². The summed E-state index contributed by atoms with van der Waals surface area (Å²) in [4.78, 5) is 39.7. The van der Waals surface area contributed by atoms with E-state index in [1.54, 1.807) is 7.05 Å². The normalized spacial score (nSPS) is 22.3. The van der Waals surface area contributed by atoms with Crippen LogP contribution in [0.4, 0.5) is 4.79 Å². The quantitative estimate of drug-likeness (QED) is 0.466. The van der Waals surface area contributed by atoms with Crippen LogP contribution in [-0.4, -0.2) is 62.7 Å². The van der Waals surface area contributed by atoms with Gasteiger partial charge in [0.15, 0.2) is 5.92 Å². The van der Waals surface area contributed by atoms with Gasteiger partial charge in [0.05, 0.1) is 12.8 Å². The standard InChI is InChI=1S/C16H22N2O4Si/c1-17-13(19)12(15(20)22-3)14(18(2)16(17)21)23(4,5)11-9-7-6-8-10-11/h6-10,12,14H,1-5H3/t12-,14+/m0/s1. The molecule has 0 aromatic heterocycles. The van der Waals surface area contributed by atoms with Crippen molar-refractivity contribution < 1.29 is 19.1 Å². The Hall–Kier alpha value is -2.15. The van der Waals surface area contributed by atoms with Crippen LogP contribution in [0.25, 0.3) is 0 Å². The van der Waals surface area contributed by atoms with Crippen molar-refractivity contribution in [2.24, 2.45) is 5.92 Å². The summed E-state index contributed by atoms with van der Waals surface area (Å²) < 4.78 is 4.85. The van der Waals surface area contributed by atoms with Gasteiger partial charge in [0.1, 0.15) is 8.07 Å². The van der Waals surface area contributed by atoms with Crippen molar-refractivity contribution in [2.45, 2.75) is 18.8 Å². The minimum Gasteiger partial charge on any atom is -0.468 e. The monoisotopic (exact) mass is 334 g/mol. The second-order valence-corrected chi connectivity index (χ2v) is 10.9. The van der Waals surface area contributed by atoms with Gasteiger partial charge in [-0.25, -0.2) is 4.79 Å². The number of esters is 1. The van der Waals surface area contributed by atoms with Crippen molar-refractivity contribution in [3.8, 4) is 0 Å². The van der Waals surface area contributed by atoms with Crippen LogP contribution < -0.4 is 5.19 Å². The molecule has 2 rings (SSSR count). The van der Waals surface area contributed by atoms with Gasteiger partial charge in [0.25, 0.3) is 0 Å². The predicted molar refractivity (Wildman–Crippen MR) is 88.8 cm³/mol. The van der Waals surface area contributed by atoms with Crippen LogP contribution in [0.1, 0.15) is 0 Å². The van der Waals surface area contributed by atoms with Gasteiger partial charge in [0, 0.05) is 14.1 Å². The maximum Gasteiger partial charge on any atom is 0.326 e. The van der Waals surface area contributed by atoms with Crippen molar-refractivity contribution in [1.29, 1.82) is 0 Å². The first-order chi connectivity index (χ1) is 10.7. The number of ether oxygens (including phenoxy) is 1. The van der Waals surface area contributed by atoms with Gasteiger partial charge in [-0.3, -0.25) is 14.5 Å². The predicted octanol–water partition coefficient (Wildman–Crippen LogP) is 0.823. The molecule has 3 amide bonds. The molecule has 1 aromatic carbocycles. The number of benzene rings is 1. The molecule has 7 heteroatoms. The molecule has 1 heterocycles. The molecule has 6 nitrogen and oxygen atoms in total. The lowest BCUT2D eigenvalue weighted by molar-refractivity contribution is -0.155. The third-order valence-corrected chi connectivity index (χ3v) is 8.65. The van der Waals surface area contributed by atoms with E-state index in [-0.39, 0.29) is 0 Å². The van der Waals surface area contributed by atoms with E-state index in [9.17, 15) is 14.4 Å². The van der Waals surface area contributed by atoms with Crippen LogP contribution in [0, 0.1) is 5.92 Å². The summed E-state index contributed by atoms with van der Waals surface area (Å²) in [6.45, 7) is 4.12. The Bertz CT molecular complexity index is 632. The van der Waals surface area contributed by atoms with Gasteiger partial charge in [-0.05, 0) is 0 Å². The number of hydrogen-bond acceptors (Lipinski definition) is 4. The van der Waals surface area contributed by atoms with E-state index in [0.717, 1.165) is 10.1 Å². The van der Waals surface area contributed by atoms with Gasteiger partial charge >= 0.3 is 12.0 Å². The molecule has 1 aromatic rings. The average Bonchev–Trinajstić information content (AvgIpc) is 2.55. The minimum atomic E-state index is -2.34. The molecule has 1 aliphatic heterocycles. The molecular weight excluding hydrogens is 312 g/mol. The molecule has 124 valence electrons. The summed E-state index contributed by atoms with van der Waals surface area (Å²) in [5.74, 6) is -2.08. The Kier molecular flexibility index (Phi) is 4.60. The Morgan fingerprint density at radius 1 is 1.13 bits per heavy atom. The van der Waals surface area contributed by atoms with E-state index >= 15 is 0 Å². The number of nitrogens with zero attached hydrogens (tertiary/aromatic N) is 2. The molecule has 0 spiro atoms. The topological polar surface area (TPSA) is 66.9 Å². The molecular formula is C16H22N2O4Si. The smallest absolute Gasteiger partial charge is 0.326 e. The summed E-state index contributed by atoms with van der Waals surface area (Å²) in [7, 11) is 1.96. The fraction of sp³-hybridized carbons (Fsp3) is 0.438. The van der Waals surface area contributed by atoms with Crippen LogP contribution in [0.2, 0.25) is 13.1 Å². The second kappa shape index (κ2) is 6.15.